The highest BCUT2D eigenvalue weighted by Crippen LogP contribution is 2.59. The van der Waals surface area contributed by atoms with Gasteiger partial charge in [0.25, 0.3) is 5.91 Å². The Morgan fingerprint density at radius 3 is 2.64 bits per heavy atom. The van der Waals surface area contributed by atoms with E-state index < -0.39 is 0 Å². The molecule has 1 spiro atoms. The van der Waals surface area contributed by atoms with E-state index >= 15 is 0 Å². The van der Waals surface area contributed by atoms with Crippen LogP contribution in [-0.4, -0.2) is 46.8 Å². The number of amides is 2. The molecule has 2 amide bonds. The van der Waals surface area contributed by atoms with Gasteiger partial charge >= 0.3 is 0 Å². The lowest BCUT2D eigenvalue weighted by Crippen LogP contribution is -2.40. The molecule has 33 heavy (non-hydrogen) atoms. The highest BCUT2D eigenvalue weighted by atomic mass is 16.7. The number of aromatic nitrogens is 2. The maximum absolute atomic E-state index is 13.0. The van der Waals surface area contributed by atoms with Gasteiger partial charge in [0, 0.05) is 36.3 Å². The van der Waals surface area contributed by atoms with Crippen molar-refractivity contribution >= 4 is 17.5 Å². The number of aromatic amines is 1. The number of fused-ring (bicyclic) bond motifs is 1. The highest BCUT2D eigenvalue weighted by molar-refractivity contribution is 5.96. The molecule has 2 fully saturated rings. The molecule has 2 aliphatic heterocycles. The second-order valence-electron chi connectivity index (χ2n) is 9.00. The largest absolute Gasteiger partial charge is 0.454 e. The van der Waals surface area contributed by atoms with E-state index in [1.807, 2.05) is 47.4 Å². The number of anilines is 1. The molecule has 1 atom stereocenters. The fourth-order valence-corrected chi connectivity index (χ4v) is 4.99. The van der Waals surface area contributed by atoms with Gasteiger partial charge in [0.15, 0.2) is 11.5 Å². The number of nitrogens with one attached hydrogen (secondary N) is 2. The summed E-state index contributed by atoms with van der Waals surface area (Å²) in [6.07, 6.45) is 2.53. The number of hydrogen-bond acceptors (Lipinski definition) is 5. The van der Waals surface area contributed by atoms with Gasteiger partial charge in [0.05, 0.1) is 5.69 Å². The number of benzene rings is 2. The summed E-state index contributed by atoms with van der Waals surface area (Å²) < 4.78 is 10.7. The van der Waals surface area contributed by atoms with Crippen LogP contribution in [0.5, 0.6) is 11.5 Å². The summed E-state index contributed by atoms with van der Waals surface area (Å²) in [6, 6.07) is 17.0. The van der Waals surface area contributed by atoms with E-state index in [1.54, 1.807) is 12.1 Å². The SMILES string of the molecule is O=C(Nc1ccc2c(c1)OCO2)[C@H]1CC12CCN(C(=O)c1cc(-c3ccccc3)n[nH]1)CC2. The number of H-pyrrole nitrogens is 1. The molecule has 8 heteroatoms. The molecule has 0 bridgehead atoms. The first-order valence-corrected chi connectivity index (χ1v) is 11.2. The van der Waals surface area contributed by atoms with Gasteiger partial charge in [0.2, 0.25) is 12.7 Å². The molecule has 2 aromatic carbocycles. The number of carbonyl (C=O) groups is 2. The van der Waals surface area contributed by atoms with E-state index in [4.69, 9.17) is 9.47 Å². The molecule has 2 N–H and O–H groups in total. The van der Waals surface area contributed by atoms with Gasteiger partial charge in [-0.15, -0.1) is 0 Å². The molecule has 0 unspecified atom stereocenters. The third kappa shape index (κ3) is 3.61. The third-order valence-electron chi connectivity index (χ3n) is 7.07. The second-order valence-corrected chi connectivity index (χ2v) is 9.00. The summed E-state index contributed by atoms with van der Waals surface area (Å²) in [5.41, 5.74) is 2.94. The Bertz CT molecular complexity index is 1210. The molecule has 3 aliphatic rings. The number of ether oxygens (including phenoxy) is 2. The number of hydrogen-bond donors (Lipinski definition) is 2. The third-order valence-corrected chi connectivity index (χ3v) is 7.07. The minimum atomic E-state index is -0.0402. The topological polar surface area (TPSA) is 96.6 Å². The Labute approximate surface area is 190 Å². The van der Waals surface area contributed by atoms with Crippen LogP contribution in [-0.2, 0) is 4.79 Å². The Hall–Kier alpha value is -3.81. The van der Waals surface area contributed by atoms with Crippen molar-refractivity contribution in [3.63, 3.8) is 0 Å². The van der Waals surface area contributed by atoms with Gasteiger partial charge in [-0.2, -0.15) is 5.10 Å². The second kappa shape index (κ2) is 7.65. The molecule has 3 aromatic rings. The summed E-state index contributed by atoms with van der Waals surface area (Å²) in [7, 11) is 0. The molecular weight excluding hydrogens is 420 g/mol. The fraction of sp³-hybridized carbons (Fsp3) is 0.320. The molecular formula is C25H24N4O4. The van der Waals surface area contributed by atoms with Crippen LogP contribution in [0.2, 0.25) is 0 Å². The van der Waals surface area contributed by atoms with Gasteiger partial charge in [-0.25, -0.2) is 0 Å². The summed E-state index contributed by atoms with van der Waals surface area (Å²) in [4.78, 5) is 27.7. The molecule has 6 rings (SSSR count). The van der Waals surface area contributed by atoms with Crippen molar-refractivity contribution in [3.8, 4) is 22.8 Å². The maximum atomic E-state index is 13.0. The highest BCUT2D eigenvalue weighted by Gasteiger charge is 2.58. The average molecular weight is 444 g/mol. The van der Waals surface area contributed by atoms with Crippen molar-refractivity contribution in [1.82, 2.24) is 15.1 Å². The van der Waals surface area contributed by atoms with E-state index in [0.717, 1.165) is 30.5 Å². The van der Waals surface area contributed by atoms with Gasteiger partial charge in [0.1, 0.15) is 5.69 Å². The van der Waals surface area contributed by atoms with E-state index in [0.29, 0.717) is 36.0 Å². The molecule has 1 aromatic heterocycles. The molecule has 8 nitrogen and oxygen atoms in total. The van der Waals surface area contributed by atoms with Crippen molar-refractivity contribution in [3.05, 3.63) is 60.3 Å². The quantitative estimate of drug-likeness (QED) is 0.640. The van der Waals surface area contributed by atoms with Crippen molar-refractivity contribution in [2.24, 2.45) is 11.3 Å². The smallest absolute Gasteiger partial charge is 0.271 e. The lowest BCUT2D eigenvalue weighted by molar-refractivity contribution is -0.118. The maximum Gasteiger partial charge on any atom is 0.271 e. The summed E-state index contributed by atoms with van der Waals surface area (Å²) in [6.45, 7) is 1.50. The number of carbonyl (C=O) groups excluding carboxylic acids is 2. The Kier molecular flexibility index (Phi) is 4.60. The van der Waals surface area contributed by atoms with Gasteiger partial charge in [-0.1, -0.05) is 30.3 Å². The van der Waals surface area contributed by atoms with Crippen LogP contribution in [0.25, 0.3) is 11.3 Å². The zero-order chi connectivity index (χ0) is 22.4. The lowest BCUT2D eigenvalue weighted by Gasteiger charge is -2.32. The van der Waals surface area contributed by atoms with Crippen molar-refractivity contribution in [2.45, 2.75) is 19.3 Å². The molecule has 168 valence electrons. The zero-order valence-corrected chi connectivity index (χ0v) is 18.0. The number of likely N-dealkylation sites (tertiary alicyclic amines) is 1. The van der Waals surface area contributed by atoms with Crippen LogP contribution < -0.4 is 14.8 Å². The van der Waals surface area contributed by atoms with Crippen LogP contribution in [0.3, 0.4) is 0 Å². The zero-order valence-electron chi connectivity index (χ0n) is 18.0. The van der Waals surface area contributed by atoms with E-state index in [9.17, 15) is 9.59 Å². The Morgan fingerprint density at radius 2 is 1.82 bits per heavy atom. The van der Waals surface area contributed by atoms with Crippen molar-refractivity contribution in [2.75, 3.05) is 25.2 Å². The average Bonchev–Trinajstić information content (AvgIpc) is 3.20. The molecule has 0 radical (unpaired) electrons. The monoisotopic (exact) mass is 444 g/mol. The lowest BCUT2D eigenvalue weighted by atomic mass is 9.90. The predicted octanol–water partition coefficient (Wildman–Crippen LogP) is 3.69. The first-order valence-electron chi connectivity index (χ1n) is 11.2. The summed E-state index contributed by atoms with van der Waals surface area (Å²) in [5, 5.41) is 10.2. The van der Waals surface area contributed by atoms with E-state index in [1.165, 1.54) is 0 Å². The van der Waals surface area contributed by atoms with Gasteiger partial charge < -0.3 is 19.7 Å². The molecule has 3 heterocycles. The van der Waals surface area contributed by atoms with Crippen LogP contribution in [0.4, 0.5) is 5.69 Å². The van der Waals surface area contributed by atoms with E-state index in [2.05, 4.69) is 15.5 Å². The van der Waals surface area contributed by atoms with Crippen LogP contribution >= 0.6 is 0 Å². The summed E-state index contributed by atoms with van der Waals surface area (Å²) in [5.74, 6) is 1.33. The normalized spacial score (nSPS) is 20.0. The van der Waals surface area contributed by atoms with Crippen molar-refractivity contribution in [1.29, 1.82) is 0 Å². The Balaban J connectivity index is 1.05. The number of piperidine rings is 1. The van der Waals surface area contributed by atoms with Crippen LogP contribution in [0.15, 0.2) is 54.6 Å². The first-order chi connectivity index (χ1) is 16.1. The number of nitrogens with zero attached hydrogens (tertiary/aromatic N) is 2. The van der Waals surface area contributed by atoms with Crippen LogP contribution in [0.1, 0.15) is 29.8 Å². The standard InChI is InChI=1S/C25H24N4O4/c30-23(26-17-6-7-21-22(12-17)33-15-32-21)18-14-25(18)8-10-29(11-9-25)24(31)20-13-19(27-28-20)16-4-2-1-3-5-16/h1-7,12-13,18H,8-11,14-15H2,(H,26,30)(H,27,28)/t18-/m1/s1. The Morgan fingerprint density at radius 1 is 1.03 bits per heavy atom. The number of rotatable bonds is 4. The predicted molar refractivity (Wildman–Crippen MR) is 121 cm³/mol. The van der Waals surface area contributed by atoms with Gasteiger partial charge in [-0.05, 0) is 42.9 Å². The summed E-state index contributed by atoms with van der Waals surface area (Å²) >= 11 is 0. The molecule has 1 saturated carbocycles. The van der Waals surface area contributed by atoms with Crippen molar-refractivity contribution < 1.29 is 19.1 Å². The van der Waals surface area contributed by atoms with Crippen LogP contribution in [0, 0.1) is 11.3 Å². The minimum absolute atomic E-state index is 0.000384. The van der Waals surface area contributed by atoms with E-state index in [-0.39, 0.29) is 29.9 Å². The molecule has 1 saturated heterocycles. The first kappa shape index (κ1) is 19.8. The fourth-order valence-electron chi connectivity index (χ4n) is 4.99. The minimum Gasteiger partial charge on any atom is -0.454 e. The molecule has 1 aliphatic carbocycles. The van der Waals surface area contributed by atoms with Gasteiger partial charge in [-0.3, -0.25) is 14.7 Å².